The predicted octanol–water partition coefficient (Wildman–Crippen LogP) is 4.21. The topological polar surface area (TPSA) is 85.4 Å². The second-order valence-electron chi connectivity index (χ2n) is 6.56. The summed E-state index contributed by atoms with van der Waals surface area (Å²) < 4.78 is 32.6. The predicted molar refractivity (Wildman–Crippen MR) is 112 cm³/mol. The fourth-order valence-corrected chi connectivity index (χ4v) is 3.92. The maximum Gasteiger partial charge on any atom is 0.338 e. The lowest BCUT2D eigenvalue weighted by Crippen LogP contribution is -2.14. The molecule has 1 aromatic heterocycles. The molecule has 29 heavy (non-hydrogen) atoms. The lowest BCUT2D eigenvalue weighted by atomic mass is 10.1. The molecular weight excluding hydrogens is 388 g/mol. The van der Waals surface area contributed by atoms with Crippen LogP contribution in [0.4, 0.5) is 5.69 Å². The van der Waals surface area contributed by atoms with Crippen molar-refractivity contribution in [1.29, 1.82) is 0 Å². The summed E-state index contributed by atoms with van der Waals surface area (Å²) in [6.45, 7) is 3.81. The Bertz CT molecular complexity index is 1120. The molecule has 2 aromatic carbocycles. The van der Waals surface area contributed by atoms with E-state index >= 15 is 0 Å². The number of aryl methyl sites for hydroxylation is 2. The molecule has 3 rings (SSSR count). The third kappa shape index (κ3) is 4.63. The van der Waals surface area contributed by atoms with Crippen LogP contribution in [0.25, 0.3) is 11.3 Å². The highest BCUT2D eigenvalue weighted by atomic mass is 32.2. The van der Waals surface area contributed by atoms with Crippen molar-refractivity contribution in [3.05, 3.63) is 77.5 Å². The summed E-state index contributed by atoms with van der Waals surface area (Å²) in [6, 6.07) is 15.8. The Morgan fingerprint density at radius 3 is 2.38 bits per heavy atom. The smallest absolute Gasteiger partial charge is 0.338 e. The number of pyridine rings is 1. The van der Waals surface area contributed by atoms with Gasteiger partial charge in [0.25, 0.3) is 10.0 Å². The van der Waals surface area contributed by atoms with E-state index in [1.165, 1.54) is 31.0 Å². The first-order valence-corrected chi connectivity index (χ1v) is 10.6. The molecule has 1 heterocycles. The van der Waals surface area contributed by atoms with Gasteiger partial charge >= 0.3 is 5.97 Å². The average Bonchev–Trinajstić information content (AvgIpc) is 2.73. The van der Waals surface area contributed by atoms with E-state index in [-0.39, 0.29) is 10.5 Å². The van der Waals surface area contributed by atoms with Crippen molar-refractivity contribution < 1.29 is 17.9 Å². The van der Waals surface area contributed by atoms with Crippen LogP contribution in [0, 0.1) is 6.92 Å². The van der Waals surface area contributed by atoms with Gasteiger partial charge < -0.3 is 4.74 Å². The maximum absolute atomic E-state index is 12.7. The summed E-state index contributed by atoms with van der Waals surface area (Å²) in [5.41, 5.74) is 4.12. The monoisotopic (exact) mass is 410 g/mol. The molecule has 0 unspecified atom stereocenters. The van der Waals surface area contributed by atoms with Gasteiger partial charge in [-0.25, -0.2) is 13.2 Å². The zero-order valence-corrected chi connectivity index (χ0v) is 17.3. The Morgan fingerprint density at radius 2 is 1.79 bits per heavy atom. The molecule has 0 radical (unpaired) electrons. The molecule has 0 bridgehead atoms. The Balaban J connectivity index is 1.82. The zero-order valence-electron chi connectivity index (χ0n) is 16.5. The van der Waals surface area contributed by atoms with Crippen molar-refractivity contribution in [3.63, 3.8) is 0 Å². The fraction of sp³-hybridized carbons (Fsp3) is 0.182. The van der Waals surface area contributed by atoms with Gasteiger partial charge in [-0.2, -0.15) is 0 Å². The van der Waals surface area contributed by atoms with Gasteiger partial charge in [-0.15, -0.1) is 0 Å². The molecule has 0 aliphatic heterocycles. The molecule has 0 amide bonds. The summed E-state index contributed by atoms with van der Waals surface area (Å²) in [6.07, 6.45) is 2.43. The van der Waals surface area contributed by atoms with E-state index in [0.29, 0.717) is 11.3 Å². The minimum atomic E-state index is -3.88. The van der Waals surface area contributed by atoms with Crippen LogP contribution < -0.4 is 4.72 Å². The number of carbonyl (C=O) groups excluding carboxylic acids is 1. The lowest BCUT2D eigenvalue weighted by Gasteiger charge is -2.11. The number of methoxy groups -OCH3 is 1. The van der Waals surface area contributed by atoms with Gasteiger partial charge in [0.05, 0.1) is 35.1 Å². The molecule has 0 aliphatic rings. The number of anilines is 1. The van der Waals surface area contributed by atoms with Gasteiger partial charge in [0.1, 0.15) is 0 Å². The molecule has 0 saturated carbocycles. The number of hydrogen-bond acceptors (Lipinski definition) is 5. The SMILES string of the molecule is CCc1ccc(-c2ccc(NS(=O)(=O)c3ccc(C)c(C(=O)OC)c3)cn2)cc1. The third-order valence-corrected chi connectivity index (χ3v) is 5.98. The summed E-state index contributed by atoms with van der Waals surface area (Å²) >= 11 is 0. The highest BCUT2D eigenvalue weighted by molar-refractivity contribution is 7.92. The second kappa shape index (κ2) is 8.45. The number of ether oxygens (including phenoxy) is 1. The van der Waals surface area contributed by atoms with E-state index in [1.807, 2.05) is 24.3 Å². The van der Waals surface area contributed by atoms with Gasteiger partial charge in [-0.1, -0.05) is 37.3 Å². The molecule has 150 valence electrons. The first-order valence-electron chi connectivity index (χ1n) is 9.11. The van der Waals surface area contributed by atoms with Gasteiger partial charge in [0, 0.05) is 5.56 Å². The third-order valence-electron chi connectivity index (χ3n) is 4.60. The summed E-state index contributed by atoms with van der Waals surface area (Å²) in [5, 5.41) is 0. The maximum atomic E-state index is 12.7. The van der Waals surface area contributed by atoms with Crippen molar-refractivity contribution in [3.8, 4) is 11.3 Å². The van der Waals surface area contributed by atoms with Crippen LogP contribution in [0.5, 0.6) is 0 Å². The molecule has 3 aromatic rings. The number of nitrogens with zero attached hydrogens (tertiary/aromatic N) is 1. The Kier molecular flexibility index (Phi) is 5.98. The van der Waals surface area contributed by atoms with E-state index in [9.17, 15) is 13.2 Å². The highest BCUT2D eigenvalue weighted by Crippen LogP contribution is 2.22. The minimum Gasteiger partial charge on any atom is -0.465 e. The molecule has 0 atom stereocenters. The Morgan fingerprint density at radius 1 is 1.07 bits per heavy atom. The summed E-state index contributed by atoms with van der Waals surface area (Å²) in [5.74, 6) is -0.584. The van der Waals surface area contributed by atoms with Crippen molar-refractivity contribution >= 4 is 21.7 Å². The van der Waals surface area contributed by atoms with E-state index in [4.69, 9.17) is 4.74 Å². The number of sulfonamides is 1. The van der Waals surface area contributed by atoms with Gasteiger partial charge in [0.2, 0.25) is 0 Å². The van der Waals surface area contributed by atoms with Crippen LogP contribution in [-0.2, 0) is 21.2 Å². The van der Waals surface area contributed by atoms with Crippen LogP contribution in [0.2, 0.25) is 0 Å². The van der Waals surface area contributed by atoms with Crippen LogP contribution >= 0.6 is 0 Å². The number of nitrogens with one attached hydrogen (secondary N) is 1. The largest absolute Gasteiger partial charge is 0.465 e. The average molecular weight is 410 g/mol. The molecule has 7 heteroatoms. The molecular formula is C22H22N2O4S. The second-order valence-corrected chi connectivity index (χ2v) is 8.24. The first kappa shape index (κ1) is 20.5. The van der Waals surface area contributed by atoms with E-state index in [1.54, 1.807) is 25.1 Å². The molecule has 6 nitrogen and oxygen atoms in total. The van der Waals surface area contributed by atoms with Crippen LogP contribution in [-0.4, -0.2) is 26.5 Å². The van der Waals surface area contributed by atoms with E-state index in [2.05, 4.69) is 16.6 Å². The molecule has 0 fully saturated rings. The fourth-order valence-electron chi connectivity index (χ4n) is 2.85. The number of esters is 1. The lowest BCUT2D eigenvalue weighted by molar-refractivity contribution is 0.0599. The van der Waals surface area contributed by atoms with Gasteiger partial charge in [-0.3, -0.25) is 9.71 Å². The van der Waals surface area contributed by atoms with Crippen molar-refractivity contribution in [2.75, 3.05) is 11.8 Å². The van der Waals surface area contributed by atoms with Crippen LogP contribution in [0.3, 0.4) is 0 Å². The van der Waals surface area contributed by atoms with E-state index in [0.717, 1.165) is 17.7 Å². The van der Waals surface area contributed by atoms with E-state index < -0.39 is 16.0 Å². The zero-order chi connectivity index (χ0) is 21.0. The summed E-state index contributed by atoms with van der Waals surface area (Å²) in [4.78, 5) is 16.2. The molecule has 1 N–H and O–H groups in total. The standard InChI is InChI=1S/C22H22N2O4S/c1-4-16-6-8-17(9-7-16)21-12-10-18(14-23-21)24-29(26,27)19-11-5-15(2)20(13-19)22(25)28-3/h5-14,24H,4H2,1-3H3. The van der Waals surface area contributed by atoms with Crippen molar-refractivity contribution in [1.82, 2.24) is 4.98 Å². The number of carbonyl (C=O) groups is 1. The summed E-state index contributed by atoms with van der Waals surface area (Å²) in [7, 11) is -2.62. The number of rotatable bonds is 6. The Hall–Kier alpha value is -3.19. The van der Waals surface area contributed by atoms with Crippen LogP contribution in [0.15, 0.2) is 65.7 Å². The van der Waals surface area contributed by atoms with Gasteiger partial charge in [-0.05, 0) is 48.7 Å². The molecule has 0 aliphatic carbocycles. The molecule has 0 saturated heterocycles. The number of hydrogen-bond donors (Lipinski definition) is 1. The first-order chi connectivity index (χ1) is 13.8. The quantitative estimate of drug-likeness (QED) is 0.616. The van der Waals surface area contributed by atoms with Crippen LogP contribution in [0.1, 0.15) is 28.4 Å². The normalized spacial score (nSPS) is 11.1. The Labute approximate surface area is 170 Å². The molecule has 0 spiro atoms. The van der Waals surface area contributed by atoms with Crippen molar-refractivity contribution in [2.45, 2.75) is 25.2 Å². The number of benzene rings is 2. The number of aromatic nitrogens is 1. The van der Waals surface area contributed by atoms with Crippen molar-refractivity contribution in [2.24, 2.45) is 0 Å². The van der Waals surface area contributed by atoms with Gasteiger partial charge in [0.15, 0.2) is 0 Å². The minimum absolute atomic E-state index is 0.0252. The highest BCUT2D eigenvalue weighted by Gasteiger charge is 2.18.